The lowest BCUT2D eigenvalue weighted by molar-refractivity contribution is 0.940. The topological polar surface area (TPSA) is 48.5 Å². The highest BCUT2D eigenvalue weighted by atomic mass is 15.2. The lowest BCUT2D eigenvalue weighted by atomic mass is 10.0. The zero-order chi connectivity index (χ0) is 23.6. The van der Waals surface area contributed by atoms with Crippen LogP contribution in [0.1, 0.15) is 0 Å². The van der Waals surface area contributed by atoms with Crippen molar-refractivity contribution in [3.05, 3.63) is 116 Å². The minimum atomic E-state index is 0.614. The predicted octanol–water partition coefficient (Wildman–Crippen LogP) is 7.22. The average molecular weight is 462 g/mol. The first-order valence-electron chi connectivity index (χ1n) is 12.0. The third kappa shape index (κ3) is 2.57. The van der Waals surface area contributed by atoms with Gasteiger partial charge in [-0.1, -0.05) is 72.8 Å². The van der Waals surface area contributed by atoms with Gasteiger partial charge in [-0.05, 0) is 35.7 Å². The monoisotopic (exact) mass is 461 g/mol. The molecule has 0 bridgehead atoms. The van der Waals surface area contributed by atoms with E-state index in [1.54, 1.807) is 12.7 Å². The zero-order valence-electron chi connectivity index (χ0n) is 19.2. The molecule has 0 aliphatic heterocycles. The molecule has 0 atom stereocenters. The molecule has 0 fully saturated rings. The van der Waals surface area contributed by atoms with Crippen LogP contribution in [0, 0.1) is 0 Å². The second-order valence-corrected chi connectivity index (χ2v) is 9.03. The number of fused-ring (bicyclic) bond motifs is 8. The molecule has 0 saturated carbocycles. The van der Waals surface area contributed by atoms with Gasteiger partial charge in [-0.15, -0.1) is 0 Å². The van der Waals surface area contributed by atoms with E-state index in [0.717, 1.165) is 22.2 Å². The fourth-order valence-corrected chi connectivity index (χ4v) is 5.65. The smallest absolute Gasteiger partial charge is 0.237 e. The number of rotatable bonds is 2. The summed E-state index contributed by atoms with van der Waals surface area (Å²) in [6.07, 6.45) is 3.10. The molecule has 168 valence electrons. The van der Waals surface area contributed by atoms with Crippen molar-refractivity contribution in [2.45, 2.75) is 0 Å². The maximum absolute atomic E-state index is 4.50. The lowest BCUT2D eigenvalue weighted by Crippen LogP contribution is -2.01. The van der Waals surface area contributed by atoms with Crippen molar-refractivity contribution in [2.24, 2.45) is 0 Å². The maximum atomic E-state index is 4.50. The highest BCUT2D eigenvalue weighted by Gasteiger charge is 2.20. The van der Waals surface area contributed by atoms with Crippen molar-refractivity contribution in [1.29, 1.82) is 0 Å². The van der Waals surface area contributed by atoms with Crippen molar-refractivity contribution in [1.82, 2.24) is 24.1 Å². The molecule has 0 amide bonds. The molecule has 8 aromatic rings. The Morgan fingerprint density at radius 1 is 0.472 bits per heavy atom. The third-order valence-electron chi connectivity index (χ3n) is 7.14. The summed E-state index contributed by atoms with van der Waals surface area (Å²) < 4.78 is 4.53. The van der Waals surface area contributed by atoms with Gasteiger partial charge >= 0.3 is 0 Å². The summed E-state index contributed by atoms with van der Waals surface area (Å²) in [5.74, 6) is 0.614. The molecular weight excluding hydrogens is 442 g/mol. The van der Waals surface area contributed by atoms with Crippen LogP contribution in [0.25, 0.3) is 66.0 Å². The normalized spacial score (nSPS) is 11.9. The van der Waals surface area contributed by atoms with Crippen molar-refractivity contribution >= 4 is 54.4 Å². The molecule has 0 N–H and O–H groups in total. The Bertz CT molecular complexity index is 2090. The van der Waals surface area contributed by atoms with Gasteiger partial charge in [0, 0.05) is 32.6 Å². The van der Waals surface area contributed by atoms with Crippen LogP contribution in [-0.2, 0) is 0 Å². The molecule has 5 nitrogen and oxygen atoms in total. The van der Waals surface area contributed by atoms with E-state index in [1.807, 2.05) is 0 Å². The van der Waals surface area contributed by atoms with Crippen LogP contribution in [-0.4, -0.2) is 24.1 Å². The minimum Gasteiger partial charge on any atom is -0.309 e. The summed E-state index contributed by atoms with van der Waals surface area (Å²) >= 11 is 0. The predicted molar refractivity (Wildman–Crippen MR) is 146 cm³/mol. The average Bonchev–Trinajstić information content (AvgIpc) is 3.45. The molecule has 8 rings (SSSR count). The van der Waals surface area contributed by atoms with E-state index in [9.17, 15) is 0 Å². The van der Waals surface area contributed by atoms with E-state index in [1.165, 1.54) is 37.8 Å². The standard InChI is InChI=1S/C31H19N5/c1-2-9-21(10-3-1)35-28-17-29-25(16-26(28)24-15-14-20-8-4-5-11-22(20)30(24)35)23-12-6-7-13-27(23)36(29)31-33-18-32-19-34-31/h1-19H. The van der Waals surface area contributed by atoms with Crippen LogP contribution in [0.4, 0.5) is 0 Å². The Balaban J connectivity index is 1.63. The van der Waals surface area contributed by atoms with E-state index < -0.39 is 0 Å². The van der Waals surface area contributed by atoms with E-state index >= 15 is 0 Å². The Labute approximate surface area is 205 Å². The van der Waals surface area contributed by atoms with Crippen molar-refractivity contribution in [3.8, 4) is 11.6 Å². The minimum absolute atomic E-state index is 0.614. The SMILES string of the molecule is c1ccc(-n2c3cc4c(cc3c3ccc5ccccc5c32)c2ccccc2n4-c2ncncn2)cc1. The summed E-state index contributed by atoms with van der Waals surface area (Å²) in [4.78, 5) is 13.0. The molecule has 0 radical (unpaired) electrons. The first kappa shape index (κ1) is 19.3. The molecule has 0 spiro atoms. The van der Waals surface area contributed by atoms with Gasteiger partial charge in [0.05, 0.1) is 22.1 Å². The van der Waals surface area contributed by atoms with E-state index in [0.29, 0.717) is 5.95 Å². The summed E-state index contributed by atoms with van der Waals surface area (Å²) in [5, 5.41) is 7.30. The molecule has 5 aromatic carbocycles. The lowest BCUT2D eigenvalue weighted by Gasteiger charge is -2.10. The largest absolute Gasteiger partial charge is 0.309 e. The molecule has 0 aliphatic carbocycles. The van der Waals surface area contributed by atoms with Gasteiger partial charge in [0.1, 0.15) is 12.7 Å². The summed E-state index contributed by atoms with van der Waals surface area (Å²) in [6.45, 7) is 0. The van der Waals surface area contributed by atoms with Gasteiger partial charge in [0.2, 0.25) is 5.95 Å². The summed E-state index contributed by atoms with van der Waals surface area (Å²) in [5.41, 5.74) is 5.65. The highest BCUT2D eigenvalue weighted by Crippen LogP contribution is 2.41. The van der Waals surface area contributed by atoms with E-state index in [4.69, 9.17) is 0 Å². The number of nitrogens with zero attached hydrogens (tertiary/aromatic N) is 5. The number of hydrogen-bond acceptors (Lipinski definition) is 3. The van der Waals surface area contributed by atoms with Crippen LogP contribution in [0.3, 0.4) is 0 Å². The Morgan fingerprint density at radius 3 is 2.03 bits per heavy atom. The molecule has 0 unspecified atom stereocenters. The first-order valence-corrected chi connectivity index (χ1v) is 12.0. The third-order valence-corrected chi connectivity index (χ3v) is 7.14. The fraction of sp³-hybridized carbons (Fsp3) is 0. The quantitative estimate of drug-likeness (QED) is 0.273. The molecule has 0 aliphatic rings. The van der Waals surface area contributed by atoms with Crippen LogP contribution in [0.5, 0.6) is 0 Å². The van der Waals surface area contributed by atoms with Gasteiger partial charge < -0.3 is 4.57 Å². The Morgan fingerprint density at radius 2 is 1.17 bits per heavy atom. The van der Waals surface area contributed by atoms with Crippen LogP contribution in [0.15, 0.2) is 116 Å². The van der Waals surface area contributed by atoms with Crippen molar-refractivity contribution in [3.63, 3.8) is 0 Å². The molecule has 36 heavy (non-hydrogen) atoms. The molecule has 3 heterocycles. The van der Waals surface area contributed by atoms with Gasteiger partial charge in [0.15, 0.2) is 0 Å². The fourth-order valence-electron chi connectivity index (χ4n) is 5.65. The number of benzene rings is 5. The van der Waals surface area contributed by atoms with Gasteiger partial charge in [-0.2, -0.15) is 0 Å². The van der Waals surface area contributed by atoms with Crippen LogP contribution in [0.2, 0.25) is 0 Å². The van der Waals surface area contributed by atoms with Gasteiger partial charge in [-0.3, -0.25) is 4.57 Å². The molecular formula is C31H19N5. The Kier molecular flexibility index (Phi) is 3.88. The van der Waals surface area contributed by atoms with E-state index in [2.05, 4.69) is 127 Å². The van der Waals surface area contributed by atoms with E-state index in [-0.39, 0.29) is 0 Å². The first-order chi connectivity index (χ1) is 17.9. The van der Waals surface area contributed by atoms with Crippen molar-refractivity contribution in [2.75, 3.05) is 0 Å². The maximum Gasteiger partial charge on any atom is 0.237 e. The molecule has 0 saturated heterocycles. The van der Waals surface area contributed by atoms with Gasteiger partial charge in [-0.25, -0.2) is 15.0 Å². The van der Waals surface area contributed by atoms with Crippen molar-refractivity contribution < 1.29 is 0 Å². The number of hydrogen-bond donors (Lipinski definition) is 0. The molecule has 5 heteroatoms. The van der Waals surface area contributed by atoms with Crippen LogP contribution < -0.4 is 0 Å². The molecule has 3 aromatic heterocycles. The second-order valence-electron chi connectivity index (χ2n) is 9.03. The zero-order valence-corrected chi connectivity index (χ0v) is 19.2. The van der Waals surface area contributed by atoms with Gasteiger partial charge in [0.25, 0.3) is 0 Å². The Hall–Kier alpha value is -5.03. The summed E-state index contributed by atoms with van der Waals surface area (Å²) in [6, 6.07) is 36.8. The highest BCUT2D eigenvalue weighted by molar-refractivity contribution is 6.23. The second kappa shape index (κ2) is 7.23. The number of para-hydroxylation sites is 2. The summed E-state index contributed by atoms with van der Waals surface area (Å²) in [7, 11) is 0. The van der Waals surface area contributed by atoms with Crippen LogP contribution >= 0.6 is 0 Å². The number of aromatic nitrogens is 5.